The van der Waals surface area contributed by atoms with Crippen molar-refractivity contribution in [3.05, 3.63) is 53.1 Å². The van der Waals surface area contributed by atoms with Gasteiger partial charge in [-0.2, -0.15) is 13.2 Å². The maximum Gasteiger partial charge on any atom is 0.416 e. The third kappa shape index (κ3) is 3.30. The van der Waals surface area contributed by atoms with Gasteiger partial charge in [0.15, 0.2) is 0 Å². The molecule has 1 fully saturated rings. The van der Waals surface area contributed by atoms with E-state index in [0.717, 1.165) is 29.9 Å². The molecule has 1 amide bonds. The SMILES string of the molecule is NC(=O)c1ccccc1-c1nc2c(C3CCCO3)cc(C(F)(F)F)cc2s1. The normalized spacial score (nSPS) is 17.5. The van der Waals surface area contributed by atoms with Gasteiger partial charge in [0.1, 0.15) is 5.01 Å². The second-order valence-electron chi connectivity index (χ2n) is 6.34. The van der Waals surface area contributed by atoms with Gasteiger partial charge in [-0.05, 0) is 31.0 Å². The van der Waals surface area contributed by atoms with Crippen LogP contribution < -0.4 is 5.73 Å². The number of carbonyl (C=O) groups is 1. The fourth-order valence-corrected chi connectivity index (χ4v) is 4.37. The zero-order chi connectivity index (χ0) is 19.2. The van der Waals surface area contributed by atoms with Crippen LogP contribution in [0.5, 0.6) is 0 Å². The van der Waals surface area contributed by atoms with Crippen LogP contribution in [0.4, 0.5) is 13.2 Å². The number of carbonyl (C=O) groups excluding carboxylic acids is 1. The number of hydrogen-bond donors (Lipinski definition) is 1. The van der Waals surface area contributed by atoms with Crippen LogP contribution in [0.3, 0.4) is 0 Å². The molecule has 0 radical (unpaired) electrons. The smallest absolute Gasteiger partial charge is 0.373 e. The number of rotatable bonds is 3. The zero-order valence-electron chi connectivity index (χ0n) is 14.0. The summed E-state index contributed by atoms with van der Waals surface area (Å²) in [5, 5.41) is 0.456. The standard InChI is InChI=1S/C19H15F3N2O2S/c20-19(21,22)10-8-13(14-6-3-7-26-14)16-15(9-10)27-18(24-16)12-5-2-1-4-11(12)17(23)25/h1-2,4-5,8-9,14H,3,6-7H2,(H2,23,25). The molecule has 1 saturated heterocycles. The number of ether oxygens (including phenoxy) is 1. The Morgan fingerprint density at radius 3 is 2.70 bits per heavy atom. The van der Waals surface area contributed by atoms with Gasteiger partial charge in [-0.3, -0.25) is 4.79 Å². The van der Waals surface area contributed by atoms with E-state index in [0.29, 0.717) is 39.4 Å². The van der Waals surface area contributed by atoms with Gasteiger partial charge in [-0.1, -0.05) is 18.2 Å². The van der Waals surface area contributed by atoms with Crippen molar-refractivity contribution in [3.63, 3.8) is 0 Å². The van der Waals surface area contributed by atoms with Gasteiger partial charge < -0.3 is 10.5 Å². The Morgan fingerprint density at radius 2 is 2.04 bits per heavy atom. The number of nitrogens with zero attached hydrogens (tertiary/aromatic N) is 1. The van der Waals surface area contributed by atoms with Crippen molar-refractivity contribution in [2.45, 2.75) is 25.1 Å². The number of fused-ring (bicyclic) bond motifs is 1. The first kappa shape index (κ1) is 17.9. The lowest BCUT2D eigenvalue weighted by Gasteiger charge is -2.14. The molecule has 0 spiro atoms. The van der Waals surface area contributed by atoms with Crippen LogP contribution in [-0.4, -0.2) is 17.5 Å². The number of benzene rings is 2. The Balaban J connectivity index is 1.94. The minimum atomic E-state index is -4.46. The average Bonchev–Trinajstić information content (AvgIpc) is 3.29. The number of nitrogens with two attached hydrogens (primary N) is 1. The van der Waals surface area contributed by atoms with Crippen LogP contribution >= 0.6 is 11.3 Å². The molecule has 2 aromatic carbocycles. The Morgan fingerprint density at radius 1 is 1.26 bits per heavy atom. The summed E-state index contributed by atoms with van der Waals surface area (Å²) in [6.45, 7) is 0.518. The fraction of sp³-hybridized carbons (Fsp3) is 0.263. The molecule has 4 rings (SSSR count). The van der Waals surface area contributed by atoms with E-state index in [-0.39, 0.29) is 5.56 Å². The summed E-state index contributed by atoms with van der Waals surface area (Å²) in [6.07, 6.45) is -3.42. The van der Waals surface area contributed by atoms with Crippen molar-refractivity contribution >= 4 is 27.5 Å². The van der Waals surface area contributed by atoms with E-state index in [2.05, 4.69) is 4.98 Å². The highest BCUT2D eigenvalue weighted by atomic mass is 32.1. The van der Waals surface area contributed by atoms with Crippen molar-refractivity contribution < 1.29 is 22.7 Å². The van der Waals surface area contributed by atoms with Gasteiger partial charge in [0.25, 0.3) is 0 Å². The Kier molecular flexibility index (Phi) is 4.39. The summed E-state index contributed by atoms with van der Waals surface area (Å²) in [5.74, 6) is -0.611. The number of alkyl halides is 3. The van der Waals surface area contributed by atoms with Gasteiger partial charge in [0, 0.05) is 23.3 Å². The summed E-state index contributed by atoms with van der Waals surface area (Å²) in [4.78, 5) is 16.3. The molecule has 1 aliphatic heterocycles. The number of halogens is 3. The topological polar surface area (TPSA) is 65.2 Å². The van der Waals surface area contributed by atoms with Gasteiger partial charge in [-0.25, -0.2) is 4.98 Å². The van der Waals surface area contributed by atoms with Crippen LogP contribution in [-0.2, 0) is 10.9 Å². The van der Waals surface area contributed by atoms with Gasteiger partial charge >= 0.3 is 6.18 Å². The first-order valence-electron chi connectivity index (χ1n) is 8.37. The number of thiazole rings is 1. The number of hydrogen-bond acceptors (Lipinski definition) is 4. The van der Waals surface area contributed by atoms with Crippen LogP contribution in [0.25, 0.3) is 20.8 Å². The molecule has 2 N–H and O–H groups in total. The molecule has 1 aliphatic rings. The van der Waals surface area contributed by atoms with E-state index in [4.69, 9.17) is 10.5 Å². The van der Waals surface area contributed by atoms with E-state index in [1.165, 1.54) is 0 Å². The molecular weight excluding hydrogens is 377 g/mol. The molecule has 2 heterocycles. The molecule has 3 aromatic rings. The lowest BCUT2D eigenvalue weighted by Crippen LogP contribution is -2.12. The first-order valence-corrected chi connectivity index (χ1v) is 9.19. The number of amides is 1. The highest BCUT2D eigenvalue weighted by Gasteiger charge is 2.34. The van der Waals surface area contributed by atoms with E-state index in [1.807, 2.05) is 0 Å². The van der Waals surface area contributed by atoms with Crippen molar-refractivity contribution in [1.29, 1.82) is 0 Å². The zero-order valence-corrected chi connectivity index (χ0v) is 14.9. The maximum absolute atomic E-state index is 13.4. The van der Waals surface area contributed by atoms with E-state index in [1.54, 1.807) is 24.3 Å². The second kappa shape index (κ2) is 6.61. The van der Waals surface area contributed by atoms with E-state index < -0.39 is 23.8 Å². The summed E-state index contributed by atoms with van der Waals surface area (Å²) in [5.41, 5.74) is 6.42. The van der Waals surface area contributed by atoms with Gasteiger partial charge in [0.2, 0.25) is 5.91 Å². The minimum absolute atomic E-state index is 0.284. The lowest BCUT2D eigenvalue weighted by atomic mass is 10.0. The predicted molar refractivity (Wildman–Crippen MR) is 96.5 cm³/mol. The third-order valence-electron chi connectivity index (χ3n) is 4.55. The molecule has 140 valence electrons. The molecule has 1 atom stereocenters. The summed E-state index contributed by atoms with van der Waals surface area (Å²) >= 11 is 1.11. The molecule has 1 unspecified atom stereocenters. The first-order chi connectivity index (χ1) is 12.8. The quantitative estimate of drug-likeness (QED) is 0.687. The highest BCUT2D eigenvalue weighted by Crippen LogP contribution is 2.42. The van der Waals surface area contributed by atoms with Crippen molar-refractivity contribution in [3.8, 4) is 10.6 Å². The average molecular weight is 392 g/mol. The molecule has 0 bridgehead atoms. The Labute approximate surface area is 156 Å². The van der Waals surface area contributed by atoms with Crippen molar-refractivity contribution in [1.82, 2.24) is 4.98 Å². The van der Waals surface area contributed by atoms with Crippen molar-refractivity contribution in [2.75, 3.05) is 6.61 Å². The Bertz CT molecular complexity index is 1020. The maximum atomic E-state index is 13.4. The van der Waals surface area contributed by atoms with Crippen LogP contribution in [0.15, 0.2) is 36.4 Å². The van der Waals surface area contributed by atoms with E-state index >= 15 is 0 Å². The molecule has 8 heteroatoms. The van der Waals surface area contributed by atoms with Gasteiger partial charge in [-0.15, -0.1) is 11.3 Å². The van der Waals surface area contributed by atoms with Crippen molar-refractivity contribution in [2.24, 2.45) is 5.73 Å². The number of primary amides is 1. The molecule has 27 heavy (non-hydrogen) atoms. The molecule has 4 nitrogen and oxygen atoms in total. The summed E-state index contributed by atoms with van der Waals surface area (Å²) in [6, 6.07) is 8.90. The van der Waals surface area contributed by atoms with Crippen LogP contribution in [0.2, 0.25) is 0 Å². The lowest BCUT2D eigenvalue weighted by molar-refractivity contribution is -0.137. The number of aromatic nitrogens is 1. The summed E-state index contributed by atoms with van der Waals surface area (Å²) < 4.78 is 46.1. The van der Waals surface area contributed by atoms with Crippen LogP contribution in [0.1, 0.15) is 40.4 Å². The largest absolute Gasteiger partial charge is 0.416 e. The van der Waals surface area contributed by atoms with Crippen LogP contribution in [0, 0.1) is 0 Å². The molecular formula is C19H15F3N2O2S. The monoisotopic (exact) mass is 392 g/mol. The molecule has 0 aliphatic carbocycles. The summed E-state index contributed by atoms with van der Waals surface area (Å²) in [7, 11) is 0. The third-order valence-corrected chi connectivity index (χ3v) is 5.59. The van der Waals surface area contributed by atoms with Gasteiger partial charge in [0.05, 0.1) is 21.9 Å². The molecule has 1 aromatic heterocycles. The fourth-order valence-electron chi connectivity index (χ4n) is 3.29. The Hall–Kier alpha value is -2.45. The van der Waals surface area contributed by atoms with E-state index in [9.17, 15) is 18.0 Å². The molecule has 0 saturated carbocycles. The second-order valence-corrected chi connectivity index (χ2v) is 7.37. The predicted octanol–water partition coefficient (Wildman–Crippen LogP) is 4.93. The minimum Gasteiger partial charge on any atom is -0.373 e. The highest BCUT2D eigenvalue weighted by molar-refractivity contribution is 7.21.